The van der Waals surface area contributed by atoms with Crippen molar-refractivity contribution in [3.8, 4) is 11.5 Å². The van der Waals surface area contributed by atoms with E-state index in [9.17, 15) is 4.79 Å². The summed E-state index contributed by atoms with van der Waals surface area (Å²) in [4.78, 5) is 11.5. The summed E-state index contributed by atoms with van der Waals surface area (Å²) < 4.78 is 10.3. The number of benzene rings is 1. The molecule has 0 heterocycles. The van der Waals surface area contributed by atoms with Gasteiger partial charge in [-0.1, -0.05) is 13.8 Å². The molecular weight excluding hydrogens is 264 g/mol. The topological polar surface area (TPSA) is 59.6 Å². The van der Waals surface area contributed by atoms with Crippen LogP contribution in [0.4, 0.5) is 5.69 Å². The van der Waals surface area contributed by atoms with Crippen molar-refractivity contribution in [2.75, 3.05) is 19.5 Å². The second-order valence-electron chi connectivity index (χ2n) is 4.16. The monoisotopic (exact) mass is 282 g/mol. The summed E-state index contributed by atoms with van der Waals surface area (Å²) in [6.07, 6.45) is 0. The van der Waals surface area contributed by atoms with Gasteiger partial charge in [-0.25, -0.2) is 0 Å². The standard InChI is InChI=1S/C13H18N2O3S/c1-8(2)12(16)15-13(19)14-10-7-9(17-3)5-6-11(10)18-4/h5-8H,1-4H3,(H2,14,15,16,19). The molecule has 104 valence electrons. The Kier molecular flexibility index (Phi) is 5.57. The van der Waals surface area contributed by atoms with E-state index in [0.717, 1.165) is 0 Å². The number of carbonyl (C=O) groups excluding carboxylic acids is 1. The van der Waals surface area contributed by atoms with Crippen molar-refractivity contribution in [1.82, 2.24) is 5.32 Å². The van der Waals surface area contributed by atoms with Crippen LogP contribution >= 0.6 is 12.2 Å². The second kappa shape index (κ2) is 6.94. The number of rotatable bonds is 4. The van der Waals surface area contributed by atoms with Gasteiger partial charge in [0.15, 0.2) is 5.11 Å². The van der Waals surface area contributed by atoms with Gasteiger partial charge in [-0.2, -0.15) is 0 Å². The Morgan fingerprint density at radius 2 is 1.95 bits per heavy atom. The molecule has 1 rings (SSSR count). The molecule has 0 aromatic heterocycles. The third-order valence-corrected chi connectivity index (χ3v) is 2.62. The minimum atomic E-state index is -0.139. The molecule has 0 unspecified atom stereocenters. The minimum absolute atomic E-state index is 0.132. The maximum absolute atomic E-state index is 11.5. The van der Waals surface area contributed by atoms with E-state index in [1.807, 2.05) is 0 Å². The normalized spacial score (nSPS) is 9.95. The zero-order valence-corrected chi connectivity index (χ0v) is 12.3. The van der Waals surface area contributed by atoms with Crippen molar-refractivity contribution in [1.29, 1.82) is 0 Å². The van der Waals surface area contributed by atoms with Gasteiger partial charge in [-0.15, -0.1) is 0 Å². The number of carbonyl (C=O) groups is 1. The van der Waals surface area contributed by atoms with Crippen LogP contribution in [0.2, 0.25) is 0 Å². The molecule has 1 aromatic rings. The molecule has 19 heavy (non-hydrogen) atoms. The van der Waals surface area contributed by atoms with Crippen molar-refractivity contribution in [3.05, 3.63) is 18.2 Å². The molecule has 0 saturated heterocycles. The summed E-state index contributed by atoms with van der Waals surface area (Å²) >= 11 is 5.08. The summed E-state index contributed by atoms with van der Waals surface area (Å²) in [6.45, 7) is 3.59. The van der Waals surface area contributed by atoms with Crippen LogP contribution < -0.4 is 20.1 Å². The molecule has 0 aliphatic rings. The van der Waals surface area contributed by atoms with Gasteiger partial charge in [-0.3, -0.25) is 4.79 Å². The summed E-state index contributed by atoms with van der Waals surface area (Å²) in [5, 5.41) is 5.75. The van der Waals surface area contributed by atoms with E-state index < -0.39 is 0 Å². The van der Waals surface area contributed by atoms with Gasteiger partial charge in [0.25, 0.3) is 0 Å². The van der Waals surface area contributed by atoms with Crippen LogP contribution in [0, 0.1) is 5.92 Å². The van der Waals surface area contributed by atoms with Gasteiger partial charge in [0.05, 0.1) is 19.9 Å². The first kappa shape index (κ1) is 15.2. The molecule has 0 spiro atoms. The lowest BCUT2D eigenvalue weighted by atomic mass is 10.2. The molecule has 1 amide bonds. The maximum atomic E-state index is 11.5. The molecule has 0 atom stereocenters. The molecular formula is C13H18N2O3S. The number of ether oxygens (including phenoxy) is 2. The van der Waals surface area contributed by atoms with E-state index >= 15 is 0 Å². The molecule has 0 saturated carbocycles. The zero-order chi connectivity index (χ0) is 14.4. The van der Waals surface area contributed by atoms with Crippen LogP contribution in [0.25, 0.3) is 0 Å². The first-order chi connectivity index (χ1) is 8.97. The maximum Gasteiger partial charge on any atom is 0.228 e. The number of hydrogen-bond acceptors (Lipinski definition) is 4. The zero-order valence-electron chi connectivity index (χ0n) is 11.4. The van der Waals surface area contributed by atoms with Crippen molar-refractivity contribution in [2.45, 2.75) is 13.8 Å². The highest BCUT2D eigenvalue weighted by Crippen LogP contribution is 2.28. The molecule has 1 aromatic carbocycles. The molecule has 6 heteroatoms. The molecule has 0 aliphatic carbocycles. The number of amides is 1. The third kappa shape index (κ3) is 4.40. The molecule has 2 N–H and O–H groups in total. The summed E-state index contributed by atoms with van der Waals surface area (Å²) in [7, 11) is 3.13. The van der Waals surface area contributed by atoms with Crippen LogP contribution in [0.5, 0.6) is 11.5 Å². The quantitative estimate of drug-likeness (QED) is 0.829. The summed E-state index contributed by atoms with van der Waals surface area (Å²) in [6, 6.07) is 5.28. The smallest absolute Gasteiger partial charge is 0.228 e. The highest BCUT2D eigenvalue weighted by molar-refractivity contribution is 7.80. The third-order valence-electron chi connectivity index (χ3n) is 2.42. The van der Waals surface area contributed by atoms with Gasteiger partial charge in [0, 0.05) is 12.0 Å². The van der Waals surface area contributed by atoms with Crippen LogP contribution in [0.15, 0.2) is 18.2 Å². The molecule has 5 nitrogen and oxygen atoms in total. The van der Waals surface area contributed by atoms with E-state index in [-0.39, 0.29) is 16.9 Å². The number of thiocarbonyl (C=S) groups is 1. The lowest BCUT2D eigenvalue weighted by molar-refractivity contribution is -0.122. The Morgan fingerprint density at radius 1 is 1.26 bits per heavy atom. The van der Waals surface area contributed by atoms with Crippen molar-refractivity contribution in [3.63, 3.8) is 0 Å². The van der Waals surface area contributed by atoms with Crippen LogP contribution in [0.1, 0.15) is 13.8 Å². The fourth-order valence-electron chi connectivity index (χ4n) is 1.32. The van der Waals surface area contributed by atoms with E-state index in [1.54, 1.807) is 46.3 Å². The van der Waals surface area contributed by atoms with Crippen molar-refractivity contribution >= 4 is 28.9 Å². The molecule has 0 aliphatic heterocycles. The van der Waals surface area contributed by atoms with Gasteiger partial charge in [0.2, 0.25) is 5.91 Å². The number of anilines is 1. The van der Waals surface area contributed by atoms with Crippen molar-refractivity contribution in [2.24, 2.45) is 5.92 Å². The summed E-state index contributed by atoms with van der Waals surface area (Å²) in [5.41, 5.74) is 0.635. The van der Waals surface area contributed by atoms with Gasteiger partial charge in [-0.05, 0) is 24.4 Å². The molecule has 0 radical (unpaired) electrons. The number of nitrogens with one attached hydrogen (secondary N) is 2. The van der Waals surface area contributed by atoms with E-state index in [2.05, 4.69) is 10.6 Å². The Morgan fingerprint density at radius 3 is 2.47 bits per heavy atom. The Balaban J connectivity index is 2.80. The Bertz CT molecular complexity index is 475. The Labute approximate surface area is 118 Å². The predicted octanol–water partition coefficient (Wildman–Crippen LogP) is 2.17. The van der Waals surface area contributed by atoms with Crippen molar-refractivity contribution < 1.29 is 14.3 Å². The first-order valence-corrected chi connectivity index (χ1v) is 6.22. The fourth-order valence-corrected chi connectivity index (χ4v) is 1.53. The fraction of sp³-hybridized carbons (Fsp3) is 0.385. The van der Waals surface area contributed by atoms with Gasteiger partial charge in [0.1, 0.15) is 11.5 Å². The predicted molar refractivity (Wildman–Crippen MR) is 78.7 cm³/mol. The highest BCUT2D eigenvalue weighted by Gasteiger charge is 2.11. The lowest BCUT2D eigenvalue weighted by Crippen LogP contribution is -2.36. The van der Waals surface area contributed by atoms with Gasteiger partial charge < -0.3 is 20.1 Å². The molecule has 0 bridgehead atoms. The van der Waals surface area contributed by atoms with Gasteiger partial charge >= 0.3 is 0 Å². The summed E-state index contributed by atoms with van der Waals surface area (Å²) in [5.74, 6) is 1.01. The highest BCUT2D eigenvalue weighted by atomic mass is 32.1. The average Bonchev–Trinajstić information content (AvgIpc) is 2.38. The van der Waals surface area contributed by atoms with Crippen LogP contribution in [0.3, 0.4) is 0 Å². The largest absolute Gasteiger partial charge is 0.497 e. The SMILES string of the molecule is COc1ccc(OC)c(NC(=S)NC(=O)C(C)C)c1. The lowest BCUT2D eigenvalue weighted by Gasteiger charge is -2.14. The minimum Gasteiger partial charge on any atom is -0.497 e. The number of hydrogen-bond donors (Lipinski definition) is 2. The second-order valence-corrected chi connectivity index (χ2v) is 4.57. The average molecular weight is 282 g/mol. The molecule has 0 fully saturated rings. The van der Waals surface area contributed by atoms with E-state index in [4.69, 9.17) is 21.7 Å². The van der Waals surface area contributed by atoms with E-state index in [1.165, 1.54) is 0 Å². The van der Waals surface area contributed by atoms with Crippen LogP contribution in [-0.2, 0) is 4.79 Å². The first-order valence-electron chi connectivity index (χ1n) is 5.81. The Hall–Kier alpha value is -1.82. The number of methoxy groups -OCH3 is 2. The van der Waals surface area contributed by atoms with Crippen LogP contribution in [-0.4, -0.2) is 25.2 Å². The van der Waals surface area contributed by atoms with E-state index in [0.29, 0.717) is 17.2 Å².